The molecule has 12 heteroatoms. The van der Waals surface area contributed by atoms with Gasteiger partial charge in [0.15, 0.2) is 5.92 Å². The maximum absolute atomic E-state index is 12.5. The third-order valence-corrected chi connectivity index (χ3v) is 4.34. The first-order valence-corrected chi connectivity index (χ1v) is 8.63. The number of nitrogens with zero attached hydrogens (tertiary/aromatic N) is 1. The van der Waals surface area contributed by atoms with Crippen LogP contribution in [0.4, 0.5) is 0 Å². The second kappa shape index (κ2) is 10.4. The Balaban J connectivity index is 3.48. The van der Waals surface area contributed by atoms with E-state index in [9.17, 15) is 24.0 Å². The zero-order chi connectivity index (χ0) is 23.1. The number of carbonyl (C=O) groups is 5. The van der Waals surface area contributed by atoms with Gasteiger partial charge in [-0.05, 0) is 6.92 Å². The van der Waals surface area contributed by atoms with E-state index in [1.807, 2.05) is 0 Å². The fraction of sp³-hybridized carbons (Fsp3) is 0.556. The lowest BCUT2D eigenvalue weighted by Crippen LogP contribution is -2.62. The number of hydrogen-bond donors (Lipinski definition) is 1. The normalized spacial score (nSPS) is 10.9. The molecule has 0 aliphatic carbocycles. The summed E-state index contributed by atoms with van der Waals surface area (Å²) in [5.74, 6) is -5.76. The lowest BCUT2D eigenvalue weighted by molar-refractivity contribution is -0.165. The van der Waals surface area contributed by atoms with Crippen molar-refractivity contribution in [2.24, 2.45) is 5.92 Å². The Morgan fingerprint density at radius 2 is 1.47 bits per heavy atom. The van der Waals surface area contributed by atoms with Gasteiger partial charge in [0.1, 0.15) is 5.76 Å². The molecule has 0 saturated heterocycles. The van der Waals surface area contributed by atoms with E-state index in [-0.39, 0.29) is 23.4 Å². The third-order valence-electron chi connectivity index (χ3n) is 4.34. The predicted molar refractivity (Wildman–Crippen MR) is 96.7 cm³/mol. The van der Waals surface area contributed by atoms with Gasteiger partial charge in [0.25, 0.3) is 0 Å². The summed E-state index contributed by atoms with van der Waals surface area (Å²) < 4.78 is 23.8. The van der Waals surface area contributed by atoms with E-state index in [2.05, 4.69) is 29.4 Å². The van der Waals surface area contributed by atoms with E-state index in [0.717, 1.165) is 35.4 Å². The first kappa shape index (κ1) is 24.6. The monoisotopic (exact) mass is 428 g/mol. The van der Waals surface area contributed by atoms with Gasteiger partial charge in [-0.1, -0.05) is 5.16 Å². The molecule has 1 N–H and O–H groups in total. The lowest BCUT2D eigenvalue weighted by Gasteiger charge is -2.28. The van der Waals surface area contributed by atoms with E-state index in [1.54, 1.807) is 0 Å². The Labute approximate surface area is 172 Å². The van der Waals surface area contributed by atoms with Crippen molar-refractivity contribution in [2.45, 2.75) is 32.2 Å². The van der Waals surface area contributed by atoms with Crippen molar-refractivity contribution in [1.29, 1.82) is 0 Å². The number of hydrogen-bond acceptors (Lipinski definition) is 11. The minimum Gasteiger partial charge on any atom is -0.468 e. The molecule has 1 rings (SSSR count). The third kappa shape index (κ3) is 5.13. The first-order valence-electron chi connectivity index (χ1n) is 8.63. The summed E-state index contributed by atoms with van der Waals surface area (Å²) in [6, 6.07) is 0. The molecule has 0 bridgehead atoms. The van der Waals surface area contributed by atoms with Crippen molar-refractivity contribution in [3.63, 3.8) is 0 Å². The molecule has 0 aliphatic rings. The molecule has 0 unspecified atom stereocenters. The highest BCUT2D eigenvalue weighted by Gasteiger charge is 2.51. The zero-order valence-corrected chi connectivity index (χ0v) is 17.5. The Kier molecular flexibility index (Phi) is 8.50. The van der Waals surface area contributed by atoms with Crippen molar-refractivity contribution in [3.8, 4) is 0 Å². The molecule has 0 saturated carbocycles. The molecule has 166 valence electrons. The zero-order valence-electron chi connectivity index (χ0n) is 17.5. The Bertz CT molecular complexity index is 797. The second-order valence-corrected chi connectivity index (χ2v) is 6.21. The summed E-state index contributed by atoms with van der Waals surface area (Å²) in [6.45, 7) is 2.61. The average Bonchev–Trinajstić information content (AvgIpc) is 3.07. The van der Waals surface area contributed by atoms with Gasteiger partial charge in [-0.3, -0.25) is 14.4 Å². The number of rotatable bonds is 9. The molecular formula is C18H24N2O10. The number of aryl methyl sites for hydroxylation is 1. The van der Waals surface area contributed by atoms with Crippen LogP contribution in [0.5, 0.6) is 0 Å². The van der Waals surface area contributed by atoms with Gasteiger partial charge in [-0.15, -0.1) is 0 Å². The number of carbonyl (C=O) groups excluding carboxylic acids is 5. The molecule has 12 nitrogen and oxygen atoms in total. The molecule has 0 aliphatic heterocycles. The van der Waals surface area contributed by atoms with Gasteiger partial charge in [0, 0.05) is 25.3 Å². The average molecular weight is 428 g/mol. The van der Waals surface area contributed by atoms with E-state index >= 15 is 0 Å². The smallest absolute Gasteiger partial charge is 0.343 e. The summed E-state index contributed by atoms with van der Waals surface area (Å²) in [5.41, 5.74) is -1.99. The maximum atomic E-state index is 12.5. The number of amides is 1. The summed E-state index contributed by atoms with van der Waals surface area (Å²) >= 11 is 0. The van der Waals surface area contributed by atoms with Crippen LogP contribution in [-0.2, 0) is 55.8 Å². The summed E-state index contributed by atoms with van der Waals surface area (Å²) in [6.07, 6.45) is -0.768. The fourth-order valence-corrected chi connectivity index (χ4v) is 2.86. The van der Waals surface area contributed by atoms with Crippen LogP contribution in [0, 0.1) is 12.8 Å². The largest absolute Gasteiger partial charge is 0.468 e. The van der Waals surface area contributed by atoms with Crippen LogP contribution in [-0.4, -0.2) is 68.9 Å². The number of nitrogens with one attached hydrogen (secondary N) is 1. The molecule has 0 aromatic carbocycles. The number of aromatic nitrogens is 1. The molecule has 1 heterocycles. The highest BCUT2D eigenvalue weighted by molar-refractivity contribution is 6.08. The van der Waals surface area contributed by atoms with Crippen LogP contribution < -0.4 is 5.32 Å². The predicted octanol–water partition coefficient (Wildman–Crippen LogP) is -0.749. The molecule has 1 aromatic rings. The molecule has 0 atom stereocenters. The molecule has 1 amide bonds. The second-order valence-electron chi connectivity index (χ2n) is 6.21. The van der Waals surface area contributed by atoms with E-state index < -0.39 is 47.7 Å². The van der Waals surface area contributed by atoms with Crippen LogP contribution in [0.2, 0.25) is 0 Å². The minimum atomic E-state index is -2.26. The molecular weight excluding hydrogens is 404 g/mol. The standard InChI is InChI=1S/C18H24N2O10/c1-9-11(7-12(14(22)26-3)15(23)27-4)13(20-30-9)8-18(16(24)28-5,17(25)29-6)19-10(2)21/h12H,7-8H2,1-6H3,(H,19,21). The molecule has 0 spiro atoms. The van der Waals surface area contributed by atoms with Crippen LogP contribution in [0.3, 0.4) is 0 Å². The van der Waals surface area contributed by atoms with Gasteiger partial charge in [-0.2, -0.15) is 0 Å². The first-order chi connectivity index (χ1) is 14.1. The van der Waals surface area contributed by atoms with Crippen LogP contribution >= 0.6 is 0 Å². The summed E-state index contributed by atoms with van der Waals surface area (Å²) in [7, 11) is 4.27. The quantitative estimate of drug-likeness (QED) is 0.299. The van der Waals surface area contributed by atoms with E-state index in [0.29, 0.717) is 0 Å². The number of esters is 4. The SMILES string of the molecule is COC(=O)C(Cc1c(CC(NC(C)=O)(C(=O)OC)C(=O)OC)noc1C)C(=O)OC. The minimum absolute atomic E-state index is 0.0230. The van der Waals surface area contributed by atoms with Gasteiger partial charge >= 0.3 is 23.9 Å². The van der Waals surface area contributed by atoms with Gasteiger partial charge < -0.3 is 28.8 Å². The maximum Gasteiger partial charge on any atom is 0.343 e. The highest BCUT2D eigenvalue weighted by Crippen LogP contribution is 2.25. The summed E-state index contributed by atoms with van der Waals surface area (Å²) in [5, 5.41) is 6.07. The van der Waals surface area contributed by atoms with Crippen LogP contribution in [0.15, 0.2) is 4.52 Å². The van der Waals surface area contributed by atoms with Crippen molar-refractivity contribution >= 4 is 29.8 Å². The van der Waals surface area contributed by atoms with Gasteiger partial charge in [0.2, 0.25) is 11.4 Å². The molecule has 1 aromatic heterocycles. The lowest BCUT2D eigenvalue weighted by atomic mass is 9.88. The summed E-state index contributed by atoms with van der Waals surface area (Å²) in [4.78, 5) is 60.7. The Hall–Kier alpha value is -3.44. The highest BCUT2D eigenvalue weighted by atomic mass is 16.6. The Morgan fingerprint density at radius 1 is 0.967 bits per heavy atom. The van der Waals surface area contributed by atoms with Crippen molar-refractivity contribution in [3.05, 3.63) is 17.0 Å². The topological polar surface area (TPSA) is 160 Å². The van der Waals surface area contributed by atoms with Crippen molar-refractivity contribution < 1.29 is 47.4 Å². The molecule has 0 radical (unpaired) electrons. The van der Waals surface area contributed by atoms with E-state index in [1.165, 1.54) is 6.92 Å². The van der Waals surface area contributed by atoms with Crippen LogP contribution in [0.25, 0.3) is 0 Å². The molecule has 0 fully saturated rings. The van der Waals surface area contributed by atoms with Crippen molar-refractivity contribution in [1.82, 2.24) is 10.5 Å². The fourth-order valence-electron chi connectivity index (χ4n) is 2.86. The Morgan fingerprint density at radius 3 is 1.87 bits per heavy atom. The molecule has 30 heavy (non-hydrogen) atoms. The van der Waals surface area contributed by atoms with Crippen LogP contribution in [0.1, 0.15) is 23.9 Å². The van der Waals surface area contributed by atoms with Crippen molar-refractivity contribution in [2.75, 3.05) is 28.4 Å². The van der Waals surface area contributed by atoms with E-state index in [4.69, 9.17) is 4.52 Å². The van der Waals surface area contributed by atoms with Gasteiger partial charge in [0.05, 0.1) is 34.1 Å². The number of ether oxygens (including phenoxy) is 4. The number of methoxy groups -OCH3 is 4. The van der Waals surface area contributed by atoms with Gasteiger partial charge in [-0.25, -0.2) is 9.59 Å².